The van der Waals surface area contributed by atoms with E-state index in [9.17, 15) is 17.6 Å². The van der Waals surface area contributed by atoms with Gasteiger partial charge < -0.3 is 16.4 Å². The highest BCUT2D eigenvalue weighted by Crippen LogP contribution is 2.39. The Morgan fingerprint density at radius 1 is 1.30 bits per heavy atom. The molecule has 1 atom stereocenters. The predicted molar refractivity (Wildman–Crippen MR) is 128 cm³/mol. The number of carbonyl (C=O) groups is 1. The summed E-state index contributed by atoms with van der Waals surface area (Å²) in [5, 5.41) is 10.1. The van der Waals surface area contributed by atoms with E-state index in [0.717, 1.165) is 11.3 Å². The Kier molecular flexibility index (Phi) is 6.56. The van der Waals surface area contributed by atoms with Crippen LogP contribution < -0.4 is 16.2 Å². The van der Waals surface area contributed by atoms with Gasteiger partial charge in [-0.25, -0.2) is 12.8 Å². The molecule has 0 aliphatic carbocycles. The van der Waals surface area contributed by atoms with Gasteiger partial charge in [0.25, 0.3) is 10.0 Å². The molecule has 1 aliphatic heterocycles. The zero-order valence-electron chi connectivity index (χ0n) is 17.6. The lowest BCUT2D eigenvalue weighted by Crippen LogP contribution is -2.58. The van der Waals surface area contributed by atoms with Gasteiger partial charge in [0.15, 0.2) is 0 Å². The first-order valence-corrected chi connectivity index (χ1v) is 13.5. The number of benzene rings is 1. The van der Waals surface area contributed by atoms with Gasteiger partial charge in [-0.1, -0.05) is 6.07 Å². The molecule has 1 aromatic carbocycles. The lowest BCUT2D eigenvalue weighted by atomic mass is 9.95. The molecule has 1 amide bonds. The van der Waals surface area contributed by atoms with Crippen molar-refractivity contribution < 1.29 is 17.6 Å². The van der Waals surface area contributed by atoms with Crippen molar-refractivity contribution in [1.82, 2.24) is 9.62 Å². The van der Waals surface area contributed by atoms with E-state index in [4.69, 9.17) is 16.9 Å². The highest BCUT2D eigenvalue weighted by molar-refractivity contribution is 7.91. The Hall–Kier alpha value is -2.38. The number of fused-ring (bicyclic) bond motifs is 1. The Morgan fingerprint density at radius 3 is 2.73 bits per heavy atom. The number of nitrogens with two attached hydrogens (primary N) is 2. The van der Waals surface area contributed by atoms with E-state index in [-0.39, 0.29) is 22.4 Å². The molecule has 0 saturated carbocycles. The van der Waals surface area contributed by atoms with Crippen LogP contribution in [-0.4, -0.2) is 38.2 Å². The number of sulfonamides is 1. The number of amidine groups is 1. The second kappa shape index (κ2) is 9.11. The van der Waals surface area contributed by atoms with Gasteiger partial charge in [-0.05, 0) is 60.8 Å². The van der Waals surface area contributed by atoms with Crippen LogP contribution in [0.2, 0.25) is 0 Å². The number of nitrogen functional groups attached to an aromatic ring is 1. The third-order valence-corrected chi connectivity index (χ3v) is 9.67. The predicted octanol–water partition coefficient (Wildman–Crippen LogP) is 2.88. The summed E-state index contributed by atoms with van der Waals surface area (Å²) in [6, 6.07) is 7.25. The summed E-state index contributed by atoms with van der Waals surface area (Å²) in [6.07, 6.45) is 1.63. The molecule has 12 heteroatoms. The van der Waals surface area contributed by atoms with Gasteiger partial charge in [-0.2, -0.15) is 4.72 Å². The summed E-state index contributed by atoms with van der Waals surface area (Å²) in [7, 11) is -4.11. The van der Waals surface area contributed by atoms with Crippen LogP contribution in [0.1, 0.15) is 36.1 Å². The van der Waals surface area contributed by atoms with Crippen LogP contribution in [0.3, 0.4) is 0 Å². The Bertz CT molecular complexity index is 1320. The minimum absolute atomic E-state index is 0.0221. The molecule has 0 spiro atoms. The summed E-state index contributed by atoms with van der Waals surface area (Å²) in [6.45, 7) is 0.687. The molecule has 176 valence electrons. The van der Waals surface area contributed by atoms with E-state index in [2.05, 4.69) is 4.72 Å². The SMILES string of the molecule is N=C(N)c1cc(C(CCCN)(NS(=O)(=O)c2cc3ccc(F)cc3s2)N2CCCC2=O)cs1. The van der Waals surface area contributed by atoms with Gasteiger partial charge in [0, 0.05) is 23.2 Å². The molecule has 1 saturated heterocycles. The van der Waals surface area contributed by atoms with Crippen molar-refractivity contribution in [3.05, 3.63) is 52.0 Å². The van der Waals surface area contributed by atoms with Gasteiger partial charge >= 0.3 is 0 Å². The van der Waals surface area contributed by atoms with Crippen molar-refractivity contribution >= 4 is 54.5 Å². The first kappa shape index (κ1) is 23.8. The number of likely N-dealkylation sites (tertiary alicyclic amines) is 1. The Morgan fingerprint density at radius 2 is 2.09 bits per heavy atom. The number of carbonyl (C=O) groups excluding carboxylic acids is 1. The average molecular weight is 510 g/mol. The van der Waals surface area contributed by atoms with E-state index < -0.39 is 21.5 Å². The zero-order valence-corrected chi connectivity index (χ0v) is 20.1. The smallest absolute Gasteiger partial charge is 0.252 e. The highest BCUT2D eigenvalue weighted by atomic mass is 32.2. The molecular weight excluding hydrogens is 485 g/mol. The number of amides is 1. The van der Waals surface area contributed by atoms with Crippen LogP contribution in [0.4, 0.5) is 4.39 Å². The van der Waals surface area contributed by atoms with E-state index in [1.54, 1.807) is 16.3 Å². The lowest BCUT2D eigenvalue weighted by molar-refractivity contribution is -0.134. The largest absolute Gasteiger partial charge is 0.383 e. The van der Waals surface area contributed by atoms with Gasteiger partial charge in [0.1, 0.15) is 21.5 Å². The first-order valence-electron chi connectivity index (χ1n) is 10.3. The van der Waals surface area contributed by atoms with Crippen LogP contribution in [0.15, 0.2) is 39.9 Å². The highest BCUT2D eigenvalue weighted by Gasteiger charge is 2.46. The molecular formula is C21H24FN5O3S3. The van der Waals surface area contributed by atoms with E-state index in [1.807, 2.05) is 0 Å². The summed E-state index contributed by atoms with van der Waals surface area (Å²) >= 11 is 2.17. The minimum Gasteiger partial charge on any atom is -0.383 e. The third-order valence-electron chi connectivity index (χ3n) is 5.65. The van der Waals surface area contributed by atoms with Crippen LogP contribution >= 0.6 is 22.7 Å². The summed E-state index contributed by atoms with van der Waals surface area (Å²) in [4.78, 5) is 14.9. The van der Waals surface area contributed by atoms with E-state index >= 15 is 0 Å². The molecule has 33 heavy (non-hydrogen) atoms. The first-order chi connectivity index (χ1) is 15.7. The number of halogens is 1. The maximum Gasteiger partial charge on any atom is 0.252 e. The maximum atomic E-state index is 13.6. The van der Waals surface area contributed by atoms with E-state index in [1.165, 1.54) is 35.6 Å². The van der Waals surface area contributed by atoms with Crippen molar-refractivity contribution in [1.29, 1.82) is 5.41 Å². The molecule has 1 aliphatic rings. The Labute approximate surface area is 198 Å². The molecule has 6 N–H and O–H groups in total. The molecule has 3 aromatic rings. The fourth-order valence-electron chi connectivity index (χ4n) is 4.09. The number of thiophene rings is 2. The number of hydrogen-bond acceptors (Lipinski definition) is 7. The van der Waals surface area contributed by atoms with Crippen molar-refractivity contribution in [3.8, 4) is 0 Å². The molecule has 1 fully saturated rings. The fraction of sp³-hybridized carbons (Fsp3) is 0.333. The van der Waals surface area contributed by atoms with Crippen LogP contribution in [0, 0.1) is 11.2 Å². The molecule has 2 aromatic heterocycles. The lowest BCUT2D eigenvalue weighted by Gasteiger charge is -2.42. The second-order valence-corrected chi connectivity index (χ2v) is 11.8. The summed E-state index contributed by atoms with van der Waals surface area (Å²) in [5.41, 5.74) is 10.6. The molecule has 3 heterocycles. The van der Waals surface area contributed by atoms with E-state index in [0.29, 0.717) is 52.9 Å². The van der Waals surface area contributed by atoms with Crippen molar-refractivity contribution in [2.45, 2.75) is 35.6 Å². The van der Waals surface area contributed by atoms with Crippen molar-refractivity contribution in [3.63, 3.8) is 0 Å². The molecule has 1 unspecified atom stereocenters. The Balaban J connectivity index is 1.84. The van der Waals surface area contributed by atoms with Crippen molar-refractivity contribution in [2.75, 3.05) is 13.1 Å². The summed E-state index contributed by atoms with van der Waals surface area (Å²) < 4.78 is 44.2. The fourth-order valence-corrected chi connectivity index (χ4v) is 7.74. The molecule has 8 nitrogen and oxygen atoms in total. The van der Waals surface area contributed by atoms with Gasteiger partial charge in [-0.3, -0.25) is 10.2 Å². The van der Waals surface area contributed by atoms with Crippen molar-refractivity contribution in [2.24, 2.45) is 11.5 Å². The number of nitrogens with one attached hydrogen (secondary N) is 2. The number of hydrogen-bond donors (Lipinski definition) is 4. The average Bonchev–Trinajstić information content (AvgIpc) is 3.50. The monoisotopic (exact) mass is 509 g/mol. The number of rotatable bonds is 9. The molecule has 0 bridgehead atoms. The number of nitrogens with zero attached hydrogens (tertiary/aromatic N) is 1. The molecule has 4 rings (SSSR count). The normalized spacial score (nSPS) is 16.4. The maximum absolute atomic E-state index is 13.6. The topological polar surface area (TPSA) is 142 Å². The van der Waals surface area contributed by atoms with Crippen LogP contribution in [0.5, 0.6) is 0 Å². The minimum atomic E-state index is -4.11. The third kappa shape index (κ3) is 4.53. The standard InChI is InChI=1S/C21H24FN5O3S3/c22-15-5-4-13-9-19(32-16(13)11-15)33(29,30)26-21(6-2-7-23,27-8-1-3-18(27)28)14-10-17(20(24)25)31-12-14/h4-5,9-12,26H,1-3,6-8,23H2,(H3,24,25). The quantitative estimate of drug-likeness (QED) is 0.259. The van der Waals surface area contributed by atoms with Gasteiger partial charge in [0.05, 0.1) is 4.88 Å². The van der Waals surface area contributed by atoms with Gasteiger partial charge in [-0.15, -0.1) is 22.7 Å². The molecule has 0 radical (unpaired) electrons. The van der Waals surface area contributed by atoms with Crippen LogP contribution in [-0.2, 0) is 20.5 Å². The zero-order chi connectivity index (χ0) is 23.8. The second-order valence-electron chi connectivity index (χ2n) is 7.87. The van der Waals surface area contributed by atoms with Crippen LogP contribution in [0.25, 0.3) is 10.1 Å². The van der Waals surface area contributed by atoms with Gasteiger partial charge in [0.2, 0.25) is 5.91 Å². The summed E-state index contributed by atoms with van der Waals surface area (Å²) in [5.74, 6) is -0.749.